The summed E-state index contributed by atoms with van der Waals surface area (Å²) in [6.07, 6.45) is -2.77. The number of aromatic nitrogens is 1. The molecule has 0 unspecified atom stereocenters. The Balaban J connectivity index is 3.22. The number of hydrogen-bond acceptors (Lipinski definition) is 2. The Morgan fingerprint density at radius 1 is 1.38 bits per heavy atom. The van der Waals surface area contributed by atoms with Crippen molar-refractivity contribution in [3.8, 4) is 0 Å². The first-order chi connectivity index (χ1) is 6.06. The second-order valence-corrected chi connectivity index (χ2v) is 3.06. The Morgan fingerprint density at radius 2 is 2.00 bits per heavy atom. The molecule has 1 rings (SSSR count). The van der Waals surface area contributed by atoms with E-state index in [1.54, 1.807) is 0 Å². The summed E-state index contributed by atoms with van der Waals surface area (Å²) in [7, 11) is 0. The molecule has 0 aliphatic heterocycles. The Morgan fingerprint density at radius 3 is 2.46 bits per heavy atom. The zero-order valence-corrected chi connectivity index (χ0v) is 7.78. The van der Waals surface area contributed by atoms with E-state index in [2.05, 4.69) is 4.98 Å². The van der Waals surface area contributed by atoms with Gasteiger partial charge in [0.15, 0.2) is 0 Å². The quantitative estimate of drug-likeness (QED) is 0.844. The Hall–Kier alpha value is -0.450. The minimum Gasteiger partial charge on any atom is -0.390 e. The second kappa shape index (κ2) is 4.17. The van der Waals surface area contributed by atoms with Gasteiger partial charge in [0.05, 0.1) is 22.3 Å². The summed E-state index contributed by atoms with van der Waals surface area (Å²) in [5.74, 6) is 0. The van der Waals surface area contributed by atoms with E-state index < -0.39 is 18.7 Å². The molecule has 1 heterocycles. The van der Waals surface area contributed by atoms with Gasteiger partial charge in [-0.3, -0.25) is 0 Å². The van der Waals surface area contributed by atoms with Crippen LogP contribution in [0.5, 0.6) is 0 Å². The molecule has 72 valence electrons. The van der Waals surface area contributed by atoms with Gasteiger partial charge >= 0.3 is 0 Å². The maximum Gasteiger partial charge on any atom is 0.281 e. The third kappa shape index (κ3) is 2.27. The van der Waals surface area contributed by atoms with E-state index in [1.807, 2.05) is 0 Å². The zero-order chi connectivity index (χ0) is 10.0. The largest absolute Gasteiger partial charge is 0.390 e. The first-order valence-corrected chi connectivity index (χ1v) is 4.05. The molecule has 0 spiro atoms. The first-order valence-electron chi connectivity index (χ1n) is 3.30. The predicted molar refractivity (Wildman–Crippen MR) is 45.1 cm³/mol. The molecule has 2 nitrogen and oxygen atoms in total. The first kappa shape index (κ1) is 10.6. The average Bonchev–Trinajstić information content (AvgIpc) is 2.03. The average molecular weight is 228 g/mol. The van der Waals surface area contributed by atoms with Gasteiger partial charge in [0.1, 0.15) is 5.69 Å². The molecular formula is C7H5Cl2F2NO. The summed E-state index contributed by atoms with van der Waals surface area (Å²) >= 11 is 11.0. The second-order valence-electron chi connectivity index (χ2n) is 2.24. The number of rotatable bonds is 2. The van der Waals surface area contributed by atoms with Gasteiger partial charge in [-0.2, -0.15) is 0 Å². The number of alkyl halides is 2. The molecule has 13 heavy (non-hydrogen) atoms. The fourth-order valence-corrected chi connectivity index (χ4v) is 1.29. The lowest BCUT2D eigenvalue weighted by molar-refractivity contribution is 0.145. The minimum absolute atomic E-state index is 0.00127. The van der Waals surface area contributed by atoms with Crippen molar-refractivity contribution in [1.82, 2.24) is 4.98 Å². The highest BCUT2D eigenvalue weighted by Gasteiger charge is 2.16. The third-order valence-corrected chi connectivity index (χ3v) is 2.02. The number of pyridine rings is 1. The van der Waals surface area contributed by atoms with Crippen molar-refractivity contribution in [3.05, 3.63) is 27.5 Å². The lowest BCUT2D eigenvalue weighted by atomic mass is 10.3. The van der Waals surface area contributed by atoms with Crippen molar-refractivity contribution in [3.63, 3.8) is 0 Å². The Bertz CT molecular complexity index is 320. The molecule has 0 aliphatic carbocycles. The molecule has 0 bridgehead atoms. The van der Waals surface area contributed by atoms with Crippen molar-refractivity contribution in [1.29, 1.82) is 0 Å². The molecular weight excluding hydrogens is 223 g/mol. The molecule has 0 aromatic carbocycles. The summed E-state index contributed by atoms with van der Waals surface area (Å²) in [5, 5.41) is 8.56. The highest BCUT2D eigenvalue weighted by molar-refractivity contribution is 6.35. The topological polar surface area (TPSA) is 33.1 Å². The van der Waals surface area contributed by atoms with E-state index >= 15 is 0 Å². The van der Waals surface area contributed by atoms with Crippen LogP contribution >= 0.6 is 23.2 Å². The molecule has 0 aliphatic rings. The van der Waals surface area contributed by atoms with Crippen LogP contribution in [-0.4, -0.2) is 10.1 Å². The van der Waals surface area contributed by atoms with Crippen molar-refractivity contribution >= 4 is 23.2 Å². The van der Waals surface area contributed by atoms with Gasteiger partial charge in [-0.25, -0.2) is 13.8 Å². The van der Waals surface area contributed by atoms with Crippen LogP contribution in [0.25, 0.3) is 0 Å². The monoisotopic (exact) mass is 227 g/mol. The molecule has 0 fully saturated rings. The Labute approximate surface area is 83.1 Å². The van der Waals surface area contributed by atoms with E-state index in [0.29, 0.717) is 0 Å². The van der Waals surface area contributed by atoms with Crippen molar-refractivity contribution in [2.45, 2.75) is 13.0 Å². The van der Waals surface area contributed by atoms with Crippen LogP contribution in [0.3, 0.4) is 0 Å². The van der Waals surface area contributed by atoms with Gasteiger partial charge in [-0.1, -0.05) is 23.2 Å². The zero-order valence-electron chi connectivity index (χ0n) is 6.27. The molecule has 0 saturated carbocycles. The Kier molecular flexibility index (Phi) is 3.41. The lowest BCUT2D eigenvalue weighted by Gasteiger charge is -2.05. The van der Waals surface area contributed by atoms with E-state index in [-0.39, 0.29) is 15.7 Å². The maximum atomic E-state index is 12.2. The number of aliphatic hydroxyl groups is 1. The van der Waals surface area contributed by atoms with Crippen molar-refractivity contribution in [2.24, 2.45) is 0 Å². The van der Waals surface area contributed by atoms with E-state index in [4.69, 9.17) is 28.3 Å². The van der Waals surface area contributed by atoms with Crippen LogP contribution < -0.4 is 0 Å². The number of aliphatic hydroxyl groups excluding tert-OH is 1. The SMILES string of the molecule is OCc1nc(C(F)F)c(Cl)cc1Cl. The predicted octanol–water partition coefficient (Wildman–Crippen LogP) is 2.82. The van der Waals surface area contributed by atoms with Crippen LogP contribution in [0.15, 0.2) is 6.07 Å². The number of hydrogen-bond donors (Lipinski definition) is 1. The molecule has 1 N–H and O–H groups in total. The molecule has 0 saturated heterocycles. The maximum absolute atomic E-state index is 12.2. The minimum atomic E-state index is -2.77. The molecule has 0 amide bonds. The van der Waals surface area contributed by atoms with Crippen LogP contribution in [0.2, 0.25) is 10.0 Å². The van der Waals surface area contributed by atoms with Crippen LogP contribution in [0.4, 0.5) is 8.78 Å². The summed E-state index contributed by atoms with van der Waals surface area (Å²) in [4.78, 5) is 3.43. The fourth-order valence-electron chi connectivity index (χ4n) is 0.785. The molecule has 1 aromatic rings. The summed E-state index contributed by atoms with van der Waals surface area (Å²) < 4.78 is 24.4. The standard InChI is InChI=1S/C7H5Cl2F2NO/c8-3-1-4(9)6(7(10)11)12-5(3)2-13/h1,7,13H,2H2. The third-order valence-electron chi connectivity index (χ3n) is 1.39. The van der Waals surface area contributed by atoms with Crippen LogP contribution in [0, 0.1) is 0 Å². The summed E-state index contributed by atoms with van der Waals surface area (Å²) in [6.45, 7) is -0.490. The number of halogens is 4. The normalized spacial score (nSPS) is 10.9. The fraction of sp³-hybridized carbons (Fsp3) is 0.286. The van der Waals surface area contributed by atoms with Gasteiger partial charge in [0, 0.05) is 0 Å². The van der Waals surface area contributed by atoms with Crippen LogP contribution in [-0.2, 0) is 6.61 Å². The van der Waals surface area contributed by atoms with Gasteiger partial charge in [0.25, 0.3) is 6.43 Å². The van der Waals surface area contributed by atoms with Crippen molar-refractivity contribution in [2.75, 3.05) is 0 Å². The van der Waals surface area contributed by atoms with E-state index in [1.165, 1.54) is 0 Å². The highest BCUT2D eigenvalue weighted by atomic mass is 35.5. The molecule has 1 aromatic heterocycles. The molecule has 0 radical (unpaired) electrons. The van der Waals surface area contributed by atoms with E-state index in [9.17, 15) is 8.78 Å². The van der Waals surface area contributed by atoms with Gasteiger partial charge in [-0.15, -0.1) is 0 Å². The lowest BCUT2D eigenvalue weighted by Crippen LogP contribution is -1.98. The van der Waals surface area contributed by atoms with Gasteiger partial charge in [-0.05, 0) is 6.07 Å². The smallest absolute Gasteiger partial charge is 0.281 e. The van der Waals surface area contributed by atoms with E-state index in [0.717, 1.165) is 6.07 Å². The number of nitrogens with zero attached hydrogens (tertiary/aromatic N) is 1. The van der Waals surface area contributed by atoms with Crippen molar-refractivity contribution < 1.29 is 13.9 Å². The van der Waals surface area contributed by atoms with Gasteiger partial charge in [0.2, 0.25) is 0 Å². The summed E-state index contributed by atoms with van der Waals surface area (Å²) in [5.41, 5.74) is -0.559. The van der Waals surface area contributed by atoms with Gasteiger partial charge < -0.3 is 5.11 Å². The highest BCUT2D eigenvalue weighted by Crippen LogP contribution is 2.28. The molecule has 0 atom stereocenters. The summed E-state index contributed by atoms with van der Waals surface area (Å²) in [6, 6.07) is 1.14. The molecule has 6 heteroatoms. The van der Waals surface area contributed by atoms with Crippen LogP contribution in [0.1, 0.15) is 17.8 Å².